The van der Waals surface area contributed by atoms with E-state index in [1.54, 1.807) is 30.3 Å². The number of carbonyl (C=O) groups is 1. The Hall–Kier alpha value is -3.98. The van der Waals surface area contributed by atoms with Crippen LogP contribution in [0.25, 0.3) is 6.08 Å². The van der Waals surface area contributed by atoms with Crippen molar-refractivity contribution < 1.29 is 36.3 Å². The van der Waals surface area contributed by atoms with Gasteiger partial charge in [-0.1, -0.05) is 18.2 Å². The maximum atomic E-state index is 12.8. The van der Waals surface area contributed by atoms with Gasteiger partial charge in [-0.3, -0.25) is 4.79 Å². The lowest BCUT2D eigenvalue weighted by molar-refractivity contribution is 0.101. The summed E-state index contributed by atoms with van der Waals surface area (Å²) in [4.78, 5) is 12.9. The number of ether oxygens (including phenoxy) is 4. The van der Waals surface area contributed by atoms with Crippen LogP contribution in [0.3, 0.4) is 0 Å². The Labute approximate surface area is 191 Å². The van der Waals surface area contributed by atoms with Crippen molar-refractivity contribution in [1.82, 2.24) is 0 Å². The fraction of sp³-hybridized carbons (Fsp3) is 0.125. The second-order valence-corrected chi connectivity index (χ2v) is 8.44. The largest absolute Gasteiger partial charge is 0.496 e. The fourth-order valence-corrected chi connectivity index (χ4v) is 4.23. The summed E-state index contributed by atoms with van der Waals surface area (Å²) < 4.78 is 51.9. The van der Waals surface area contributed by atoms with Gasteiger partial charge in [-0.05, 0) is 36.4 Å². The zero-order valence-corrected chi connectivity index (χ0v) is 18.8. The summed E-state index contributed by atoms with van der Waals surface area (Å²) in [6.45, 7) is 0. The van der Waals surface area contributed by atoms with E-state index in [9.17, 15) is 13.2 Å². The zero-order valence-electron chi connectivity index (χ0n) is 18.0. The van der Waals surface area contributed by atoms with Gasteiger partial charge >= 0.3 is 10.1 Å². The van der Waals surface area contributed by atoms with Gasteiger partial charge in [0.2, 0.25) is 5.78 Å². The van der Waals surface area contributed by atoms with E-state index in [1.807, 2.05) is 0 Å². The lowest BCUT2D eigenvalue weighted by Crippen LogP contribution is -2.09. The summed E-state index contributed by atoms with van der Waals surface area (Å²) in [6.07, 6.45) is 1.52. The second-order valence-electron chi connectivity index (χ2n) is 6.90. The molecule has 8 nitrogen and oxygen atoms in total. The molecule has 33 heavy (non-hydrogen) atoms. The van der Waals surface area contributed by atoms with Gasteiger partial charge in [0, 0.05) is 17.7 Å². The van der Waals surface area contributed by atoms with Crippen molar-refractivity contribution in [1.29, 1.82) is 0 Å². The highest BCUT2D eigenvalue weighted by Gasteiger charge is 2.29. The van der Waals surface area contributed by atoms with Crippen LogP contribution in [-0.4, -0.2) is 35.5 Å². The zero-order chi connectivity index (χ0) is 23.6. The fourth-order valence-electron chi connectivity index (χ4n) is 3.29. The molecule has 1 aliphatic heterocycles. The van der Waals surface area contributed by atoms with E-state index in [2.05, 4.69) is 0 Å². The summed E-state index contributed by atoms with van der Waals surface area (Å²) in [5, 5.41) is 0. The molecule has 4 rings (SSSR count). The van der Waals surface area contributed by atoms with Crippen molar-refractivity contribution in [2.75, 3.05) is 21.3 Å². The van der Waals surface area contributed by atoms with Gasteiger partial charge < -0.3 is 23.1 Å². The molecule has 0 atom stereocenters. The predicted molar refractivity (Wildman–Crippen MR) is 120 cm³/mol. The molecule has 0 saturated heterocycles. The first kappa shape index (κ1) is 22.2. The third kappa shape index (κ3) is 4.35. The lowest BCUT2D eigenvalue weighted by atomic mass is 10.1. The van der Waals surface area contributed by atoms with Crippen LogP contribution in [0.2, 0.25) is 0 Å². The first-order valence-corrected chi connectivity index (χ1v) is 11.1. The van der Waals surface area contributed by atoms with Crippen molar-refractivity contribution in [3.05, 3.63) is 77.5 Å². The molecule has 3 aromatic carbocycles. The first-order valence-electron chi connectivity index (χ1n) is 9.74. The Balaban J connectivity index is 1.64. The van der Waals surface area contributed by atoms with Crippen molar-refractivity contribution in [2.24, 2.45) is 0 Å². The molecule has 0 amide bonds. The maximum Gasteiger partial charge on any atom is 0.339 e. The normalized spacial score (nSPS) is 13.9. The topological polar surface area (TPSA) is 97.4 Å². The smallest absolute Gasteiger partial charge is 0.339 e. The van der Waals surface area contributed by atoms with E-state index in [0.717, 1.165) is 0 Å². The number of benzene rings is 3. The van der Waals surface area contributed by atoms with Gasteiger partial charge in [-0.15, -0.1) is 0 Å². The molecule has 0 aromatic heterocycles. The third-order valence-corrected chi connectivity index (χ3v) is 6.16. The van der Waals surface area contributed by atoms with E-state index in [1.165, 1.54) is 57.7 Å². The van der Waals surface area contributed by atoms with Gasteiger partial charge in [0.05, 0.1) is 26.9 Å². The van der Waals surface area contributed by atoms with Gasteiger partial charge in [0.25, 0.3) is 0 Å². The van der Waals surface area contributed by atoms with Crippen LogP contribution >= 0.6 is 0 Å². The van der Waals surface area contributed by atoms with Crippen LogP contribution in [0.15, 0.2) is 71.3 Å². The van der Waals surface area contributed by atoms with Gasteiger partial charge in [-0.25, -0.2) is 0 Å². The van der Waals surface area contributed by atoms with Crippen LogP contribution in [-0.2, 0) is 10.1 Å². The molecular weight excluding hydrogens is 448 g/mol. The average molecular weight is 468 g/mol. The van der Waals surface area contributed by atoms with Gasteiger partial charge in [0.1, 0.15) is 22.1 Å². The molecule has 0 unspecified atom stereocenters. The highest BCUT2D eigenvalue weighted by Crippen LogP contribution is 2.39. The molecule has 0 fully saturated rings. The number of carbonyl (C=O) groups excluding carboxylic acids is 1. The van der Waals surface area contributed by atoms with E-state index >= 15 is 0 Å². The summed E-state index contributed by atoms with van der Waals surface area (Å²) in [5.41, 5.74) is 0.819. The Morgan fingerprint density at radius 3 is 2.15 bits per heavy atom. The van der Waals surface area contributed by atoms with Crippen molar-refractivity contribution in [3.8, 4) is 28.7 Å². The number of hydrogen-bond donors (Lipinski definition) is 0. The van der Waals surface area contributed by atoms with Crippen molar-refractivity contribution >= 4 is 22.0 Å². The number of fused-ring (bicyclic) bond motifs is 1. The number of methoxy groups -OCH3 is 3. The van der Waals surface area contributed by atoms with Crippen LogP contribution in [0.4, 0.5) is 0 Å². The second kappa shape index (κ2) is 8.87. The molecule has 0 spiro atoms. The van der Waals surface area contributed by atoms with E-state index < -0.39 is 10.1 Å². The minimum atomic E-state index is -4.03. The minimum absolute atomic E-state index is 0.0172. The maximum absolute atomic E-state index is 12.8. The molecule has 0 saturated carbocycles. The number of ketones is 1. The molecule has 1 aliphatic rings. The van der Waals surface area contributed by atoms with Gasteiger partial charge in [0.15, 0.2) is 17.3 Å². The molecular formula is C24H20O8S. The number of Topliss-reactive ketones (excluding diaryl/α,β-unsaturated/α-hetero) is 1. The molecule has 0 bridgehead atoms. The summed E-state index contributed by atoms with van der Waals surface area (Å²) in [5.74, 6) is 1.26. The van der Waals surface area contributed by atoms with Crippen molar-refractivity contribution in [2.45, 2.75) is 4.90 Å². The number of allylic oxidation sites excluding steroid dienone is 1. The molecule has 9 heteroatoms. The summed E-state index contributed by atoms with van der Waals surface area (Å²) in [7, 11) is 0.472. The highest BCUT2D eigenvalue weighted by atomic mass is 32.2. The molecule has 170 valence electrons. The van der Waals surface area contributed by atoms with Gasteiger partial charge in [-0.2, -0.15) is 8.42 Å². The van der Waals surface area contributed by atoms with Crippen LogP contribution in [0, 0.1) is 0 Å². The minimum Gasteiger partial charge on any atom is -0.496 e. The molecule has 0 aliphatic carbocycles. The van der Waals surface area contributed by atoms with E-state index in [0.29, 0.717) is 22.8 Å². The van der Waals surface area contributed by atoms with Crippen molar-refractivity contribution in [3.63, 3.8) is 0 Å². The molecule has 3 aromatic rings. The van der Waals surface area contributed by atoms with E-state index in [-0.39, 0.29) is 33.5 Å². The average Bonchev–Trinajstić information content (AvgIpc) is 3.13. The molecule has 0 radical (unpaired) electrons. The quantitative estimate of drug-likeness (QED) is 0.378. The van der Waals surface area contributed by atoms with Crippen LogP contribution in [0.1, 0.15) is 15.9 Å². The molecule has 0 N–H and O–H groups in total. The Kier molecular flexibility index (Phi) is 5.97. The van der Waals surface area contributed by atoms with E-state index in [4.69, 9.17) is 23.1 Å². The summed E-state index contributed by atoms with van der Waals surface area (Å²) in [6, 6.07) is 15.3. The SMILES string of the molecule is COc1cc(OC)c(OC)cc1/C=C1\Oc2cc(OS(=O)(=O)c3ccccc3)ccc2C1=O. The lowest BCUT2D eigenvalue weighted by Gasteiger charge is -2.12. The molecule has 1 heterocycles. The predicted octanol–water partition coefficient (Wildman–Crippen LogP) is 4.10. The number of rotatable bonds is 7. The number of hydrogen-bond acceptors (Lipinski definition) is 8. The Morgan fingerprint density at radius 2 is 1.48 bits per heavy atom. The monoisotopic (exact) mass is 468 g/mol. The van der Waals surface area contributed by atoms with Crippen LogP contribution in [0.5, 0.6) is 28.7 Å². The third-order valence-electron chi connectivity index (χ3n) is 4.90. The summed E-state index contributed by atoms with van der Waals surface area (Å²) >= 11 is 0. The Bertz CT molecular complexity index is 1340. The standard InChI is InChI=1S/C24H20O8S/c1-28-19-14-22(30-3)21(29-2)11-15(19)12-23-24(25)18-10-9-16(13-20(18)31-23)32-33(26,27)17-7-5-4-6-8-17/h4-14H,1-3H3/b23-12-. The van der Waals surface area contributed by atoms with Crippen LogP contribution < -0.4 is 23.1 Å². The first-order chi connectivity index (χ1) is 15.9. The highest BCUT2D eigenvalue weighted by molar-refractivity contribution is 7.87. The Morgan fingerprint density at radius 1 is 0.818 bits per heavy atom.